The Hall–Kier alpha value is -0.180. The van der Waals surface area contributed by atoms with Crippen LogP contribution in [0.15, 0.2) is 4.99 Å². The number of hydrogen-bond donors (Lipinski definition) is 2. The van der Waals surface area contributed by atoms with Crippen LogP contribution in [0.3, 0.4) is 0 Å². The van der Waals surface area contributed by atoms with Crippen molar-refractivity contribution >= 4 is 47.6 Å². The maximum absolute atomic E-state index is 11.5. The molecule has 1 aliphatic rings. The van der Waals surface area contributed by atoms with Crippen molar-refractivity contribution < 1.29 is 4.79 Å². The molecule has 124 valence electrons. The molecule has 1 amide bonds. The van der Waals surface area contributed by atoms with E-state index in [1.807, 2.05) is 18.8 Å². The summed E-state index contributed by atoms with van der Waals surface area (Å²) in [5.74, 6) is 2.18. The van der Waals surface area contributed by atoms with Crippen LogP contribution in [-0.4, -0.2) is 61.0 Å². The Morgan fingerprint density at radius 1 is 1.33 bits per heavy atom. The molecule has 0 aromatic rings. The first-order valence-corrected chi connectivity index (χ1v) is 8.60. The fourth-order valence-corrected chi connectivity index (χ4v) is 3.31. The summed E-state index contributed by atoms with van der Waals surface area (Å²) in [6.07, 6.45) is 2.67. The van der Waals surface area contributed by atoms with Crippen LogP contribution in [0.1, 0.15) is 33.1 Å². The van der Waals surface area contributed by atoms with Gasteiger partial charge in [0.1, 0.15) is 0 Å². The molecule has 0 saturated carbocycles. The summed E-state index contributed by atoms with van der Waals surface area (Å²) in [5, 5.41) is 6.87. The number of nitrogens with zero attached hydrogens (tertiary/aromatic N) is 2. The first-order valence-electron chi connectivity index (χ1n) is 7.55. The van der Waals surface area contributed by atoms with Crippen LogP contribution < -0.4 is 10.6 Å². The minimum Gasteiger partial charge on any atom is -0.356 e. The molecule has 1 saturated heterocycles. The van der Waals surface area contributed by atoms with Crippen molar-refractivity contribution in [3.8, 4) is 0 Å². The fraction of sp³-hybridized carbons (Fsp3) is 0.857. The van der Waals surface area contributed by atoms with E-state index < -0.39 is 0 Å². The topological polar surface area (TPSA) is 56.7 Å². The maximum atomic E-state index is 11.5. The zero-order valence-electron chi connectivity index (χ0n) is 13.4. The van der Waals surface area contributed by atoms with Crippen molar-refractivity contribution in [2.24, 2.45) is 4.99 Å². The van der Waals surface area contributed by atoms with E-state index >= 15 is 0 Å². The Labute approximate surface area is 150 Å². The number of thioether (sulfide) groups is 1. The average molecular weight is 428 g/mol. The first kappa shape index (κ1) is 20.8. The molecule has 0 aromatic heterocycles. The SMILES string of the molecule is CCCNC(=O)CCNC(=NC)N1CCSC(CC)C1.I. The van der Waals surface area contributed by atoms with Crippen molar-refractivity contribution in [1.29, 1.82) is 0 Å². The monoisotopic (exact) mass is 428 g/mol. The number of hydrogen-bond acceptors (Lipinski definition) is 3. The maximum Gasteiger partial charge on any atom is 0.221 e. The van der Waals surface area contributed by atoms with Gasteiger partial charge in [-0.1, -0.05) is 13.8 Å². The minimum absolute atomic E-state index is 0. The molecule has 2 N–H and O–H groups in total. The smallest absolute Gasteiger partial charge is 0.221 e. The predicted molar refractivity (Wildman–Crippen MR) is 103 cm³/mol. The number of carbonyl (C=O) groups is 1. The molecule has 1 unspecified atom stereocenters. The third-order valence-corrected chi connectivity index (χ3v) is 4.68. The molecule has 5 nitrogen and oxygen atoms in total. The van der Waals surface area contributed by atoms with Gasteiger partial charge in [-0.2, -0.15) is 11.8 Å². The number of guanidine groups is 1. The molecule has 1 aliphatic heterocycles. The van der Waals surface area contributed by atoms with E-state index in [1.165, 1.54) is 6.42 Å². The highest BCUT2D eigenvalue weighted by molar-refractivity contribution is 14.0. The van der Waals surface area contributed by atoms with Crippen molar-refractivity contribution in [3.05, 3.63) is 0 Å². The second kappa shape index (κ2) is 12.4. The van der Waals surface area contributed by atoms with E-state index in [4.69, 9.17) is 0 Å². The van der Waals surface area contributed by atoms with Crippen molar-refractivity contribution in [2.75, 3.05) is 39.0 Å². The van der Waals surface area contributed by atoms with Crippen LogP contribution in [-0.2, 0) is 4.79 Å². The fourth-order valence-electron chi connectivity index (χ4n) is 2.13. The molecule has 1 heterocycles. The summed E-state index contributed by atoms with van der Waals surface area (Å²) >= 11 is 2.04. The zero-order chi connectivity index (χ0) is 14.8. The molecule has 0 spiro atoms. The lowest BCUT2D eigenvalue weighted by molar-refractivity contribution is -0.120. The van der Waals surface area contributed by atoms with Crippen LogP contribution in [0.4, 0.5) is 0 Å². The molecule has 0 aromatic carbocycles. The Morgan fingerprint density at radius 3 is 2.71 bits per heavy atom. The van der Waals surface area contributed by atoms with Crippen molar-refractivity contribution in [2.45, 2.75) is 38.4 Å². The molecule has 0 bridgehead atoms. The van der Waals surface area contributed by atoms with Gasteiger partial charge in [-0.15, -0.1) is 24.0 Å². The first-order chi connectivity index (χ1) is 9.71. The quantitative estimate of drug-likeness (QED) is 0.386. The van der Waals surface area contributed by atoms with Crippen LogP contribution in [0, 0.1) is 0 Å². The molecule has 1 rings (SSSR count). The Bertz CT molecular complexity index is 328. The molecular formula is C14H29IN4OS. The van der Waals surface area contributed by atoms with Gasteiger partial charge in [0.15, 0.2) is 5.96 Å². The van der Waals surface area contributed by atoms with E-state index in [0.29, 0.717) is 18.2 Å². The van der Waals surface area contributed by atoms with E-state index in [0.717, 1.165) is 37.8 Å². The minimum atomic E-state index is 0. The molecule has 21 heavy (non-hydrogen) atoms. The molecule has 0 aliphatic carbocycles. The number of amides is 1. The Morgan fingerprint density at radius 2 is 2.10 bits per heavy atom. The van der Waals surface area contributed by atoms with Gasteiger partial charge in [0.05, 0.1) is 0 Å². The Kier molecular flexibility index (Phi) is 12.3. The van der Waals surface area contributed by atoms with Gasteiger partial charge < -0.3 is 15.5 Å². The lowest BCUT2D eigenvalue weighted by atomic mass is 10.3. The molecule has 7 heteroatoms. The van der Waals surface area contributed by atoms with E-state index in [2.05, 4.69) is 34.4 Å². The molecular weight excluding hydrogens is 399 g/mol. The van der Waals surface area contributed by atoms with Crippen LogP contribution in [0.2, 0.25) is 0 Å². The standard InChI is InChI=1S/C14H28N4OS.HI/c1-4-7-16-13(19)6-8-17-14(15-3)18-9-10-20-12(5-2)11-18;/h12H,4-11H2,1-3H3,(H,15,17)(H,16,19);1H. The van der Waals surface area contributed by atoms with Crippen molar-refractivity contribution in [3.63, 3.8) is 0 Å². The largest absolute Gasteiger partial charge is 0.356 e. The van der Waals surface area contributed by atoms with Gasteiger partial charge >= 0.3 is 0 Å². The highest BCUT2D eigenvalue weighted by Gasteiger charge is 2.21. The second-order valence-corrected chi connectivity index (χ2v) is 6.33. The highest BCUT2D eigenvalue weighted by atomic mass is 127. The molecule has 1 fully saturated rings. The van der Waals surface area contributed by atoms with Crippen molar-refractivity contribution in [1.82, 2.24) is 15.5 Å². The number of halogens is 1. The summed E-state index contributed by atoms with van der Waals surface area (Å²) in [6.45, 7) is 7.76. The third kappa shape index (κ3) is 8.13. The number of carbonyl (C=O) groups excluding carboxylic acids is 1. The molecule has 1 atom stereocenters. The lowest BCUT2D eigenvalue weighted by Crippen LogP contribution is -2.48. The summed E-state index contributed by atoms with van der Waals surface area (Å²) in [7, 11) is 1.81. The van der Waals surface area contributed by atoms with E-state index in [9.17, 15) is 4.79 Å². The summed E-state index contributed by atoms with van der Waals surface area (Å²) in [5.41, 5.74) is 0. The number of rotatable bonds is 6. The summed E-state index contributed by atoms with van der Waals surface area (Å²) in [4.78, 5) is 18.2. The third-order valence-electron chi connectivity index (χ3n) is 3.31. The van der Waals surface area contributed by atoms with Gasteiger partial charge in [-0.05, 0) is 12.8 Å². The van der Waals surface area contributed by atoms with E-state index in [1.54, 1.807) is 0 Å². The highest BCUT2D eigenvalue weighted by Crippen LogP contribution is 2.20. The van der Waals surface area contributed by atoms with Gasteiger partial charge in [-0.3, -0.25) is 9.79 Å². The average Bonchev–Trinajstić information content (AvgIpc) is 2.49. The second-order valence-electron chi connectivity index (χ2n) is 4.92. The van der Waals surface area contributed by atoms with Gasteiger partial charge in [-0.25, -0.2) is 0 Å². The van der Waals surface area contributed by atoms with Crippen LogP contribution in [0.5, 0.6) is 0 Å². The van der Waals surface area contributed by atoms with Gasteiger partial charge in [0.2, 0.25) is 5.91 Å². The van der Waals surface area contributed by atoms with Crippen LogP contribution >= 0.6 is 35.7 Å². The number of nitrogens with one attached hydrogen (secondary N) is 2. The van der Waals surface area contributed by atoms with E-state index in [-0.39, 0.29) is 29.9 Å². The number of aliphatic imine (C=N–C) groups is 1. The van der Waals surface area contributed by atoms with Gasteiger partial charge in [0.25, 0.3) is 0 Å². The predicted octanol–water partition coefficient (Wildman–Crippen LogP) is 1.92. The lowest BCUT2D eigenvalue weighted by Gasteiger charge is -2.34. The summed E-state index contributed by atoms with van der Waals surface area (Å²) < 4.78 is 0. The van der Waals surface area contributed by atoms with Crippen LogP contribution in [0.25, 0.3) is 0 Å². The zero-order valence-corrected chi connectivity index (χ0v) is 16.5. The molecule has 0 radical (unpaired) electrons. The Balaban J connectivity index is 0.00000400. The summed E-state index contributed by atoms with van der Waals surface area (Å²) in [6, 6.07) is 0. The van der Waals surface area contributed by atoms with Gasteiger partial charge in [0, 0.05) is 50.7 Å². The normalized spacial score (nSPS) is 18.9.